The summed E-state index contributed by atoms with van der Waals surface area (Å²) in [4.78, 5) is 14.8. The van der Waals surface area contributed by atoms with Crippen LogP contribution in [-0.2, 0) is 4.74 Å². The van der Waals surface area contributed by atoms with E-state index in [2.05, 4.69) is 50.2 Å². The van der Waals surface area contributed by atoms with Gasteiger partial charge in [0.1, 0.15) is 6.61 Å². The summed E-state index contributed by atoms with van der Waals surface area (Å²) in [6, 6.07) is 16.7. The van der Waals surface area contributed by atoms with Crippen LogP contribution in [0.1, 0.15) is 50.2 Å². The number of rotatable bonds is 5. The molecule has 0 bridgehead atoms. The Kier molecular flexibility index (Phi) is 5.15. The molecule has 4 rings (SSSR count). The van der Waals surface area contributed by atoms with Gasteiger partial charge in [0, 0.05) is 12.5 Å². The van der Waals surface area contributed by atoms with E-state index >= 15 is 0 Å². The number of aliphatic hydroxyl groups excluding tert-OH is 1. The van der Waals surface area contributed by atoms with Crippen molar-refractivity contribution in [3.8, 4) is 11.1 Å². The van der Waals surface area contributed by atoms with E-state index < -0.39 is 5.54 Å². The van der Waals surface area contributed by atoms with Gasteiger partial charge in [0.15, 0.2) is 0 Å². The quantitative estimate of drug-likeness (QED) is 0.811. The Labute approximate surface area is 167 Å². The molecule has 28 heavy (non-hydrogen) atoms. The lowest BCUT2D eigenvalue weighted by Crippen LogP contribution is -2.51. The SMILES string of the molecule is CC(C)CC1(CO)CCCN1C(=O)OCC1c2ccccc2-c2ccccc21. The maximum absolute atomic E-state index is 13.0. The summed E-state index contributed by atoms with van der Waals surface area (Å²) in [7, 11) is 0. The highest BCUT2D eigenvalue weighted by Gasteiger charge is 2.44. The molecule has 1 unspecified atom stereocenters. The van der Waals surface area contributed by atoms with Gasteiger partial charge in [-0.25, -0.2) is 4.79 Å². The molecule has 0 saturated carbocycles. The van der Waals surface area contributed by atoms with Gasteiger partial charge < -0.3 is 14.7 Å². The number of carbonyl (C=O) groups excluding carboxylic acids is 1. The van der Waals surface area contributed by atoms with Crippen molar-refractivity contribution in [3.05, 3.63) is 59.7 Å². The average molecular weight is 380 g/mol. The lowest BCUT2D eigenvalue weighted by molar-refractivity contribution is 0.0290. The number of fused-ring (bicyclic) bond motifs is 3. The number of hydrogen-bond donors (Lipinski definition) is 1. The van der Waals surface area contributed by atoms with Gasteiger partial charge in [-0.15, -0.1) is 0 Å². The maximum Gasteiger partial charge on any atom is 0.410 e. The molecular formula is C24H29NO3. The van der Waals surface area contributed by atoms with Crippen molar-refractivity contribution in [1.29, 1.82) is 0 Å². The first-order valence-corrected chi connectivity index (χ1v) is 10.3. The molecule has 1 fully saturated rings. The van der Waals surface area contributed by atoms with E-state index in [4.69, 9.17) is 4.74 Å². The molecule has 148 valence electrons. The molecule has 1 aliphatic heterocycles. The Morgan fingerprint density at radius 3 is 2.32 bits per heavy atom. The van der Waals surface area contributed by atoms with E-state index in [-0.39, 0.29) is 18.6 Å². The minimum atomic E-state index is -0.475. The smallest absolute Gasteiger partial charge is 0.410 e. The lowest BCUT2D eigenvalue weighted by atomic mass is 9.87. The van der Waals surface area contributed by atoms with Crippen molar-refractivity contribution in [3.63, 3.8) is 0 Å². The Balaban J connectivity index is 1.52. The van der Waals surface area contributed by atoms with Gasteiger partial charge in [-0.2, -0.15) is 0 Å². The Bertz CT molecular complexity index is 817. The number of ether oxygens (including phenoxy) is 1. The Morgan fingerprint density at radius 1 is 1.14 bits per heavy atom. The molecule has 2 aliphatic rings. The molecule has 0 aromatic heterocycles. The molecule has 2 aromatic carbocycles. The molecule has 0 spiro atoms. The van der Waals surface area contributed by atoms with Gasteiger partial charge >= 0.3 is 6.09 Å². The minimum Gasteiger partial charge on any atom is -0.448 e. The first kappa shape index (κ1) is 19.0. The lowest BCUT2D eigenvalue weighted by Gasteiger charge is -2.37. The molecule has 1 atom stereocenters. The fraction of sp³-hybridized carbons (Fsp3) is 0.458. The molecular weight excluding hydrogens is 350 g/mol. The van der Waals surface area contributed by atoms with Gasteiger partial charge in [0.05, 0.1) is 12.1 Å². The highest BCUT2D eigenvalue weighted by atomic mass is 16.6. The van der Waals surface area contributed by atoms with Crippen LogP contribution in [0.25, 0.3) is 11.1 Å². The third kappa shape index (κ3) is 3.20. The van der Waals surface area contributed by atoms with Gasteiger partial charge in [0.25, 0.3) is 0 Å². The van der Waals surface area contributed by atoms with E-state index in [1.165, 1.54) is 22.3 Å². The molecule has 0 radical (unpaired) electrons. The minimum absolute atomic E-state index is 0.00459. The molecule has 1 heterocycles. The van der Waals surface area contributed by atoms with Gasteiger partial charge in [-0.3, -0.25) is 0 Å². The van der Waals surface area contributed by atoms with Crippen LogP contribution in [0.5, 0.6) is 0 Å². The van der Waals surface area contributed by atoms with Crippen LogP contribution < -0.4 is 0 Å². The monoisotopic (exact) mass is 379 g/mol. The topological polar surface area (TPSA) is 49.8 Å². The number of benzene rings is 2. The molecule has 1 aliphatic carbocycles. The van der Waals surface area contributed by atoms with Crippen LogP contribution in [-0.4, -0.2) is 41.4 Å². The molecule has 2 aromatic rings. The van der Waals surface area contributed by atoms with E-state index in [1.807, 2.05) is 12.1 Å². The van der Waals surface area contributed by atoms with E-state index in [9.17, 15) is 9.90 Å². The Morgan fingerprint density at radius 2 is 1.75 bits per heavy atom. The van der Waals surface area contributed by atoms with Crippen molar-refractivity contribution in [2.75, 3.05) is 19.8 Å². The summed E-state index contributed by atoms with van der Waals surface area (Å²) in [5, 5.41) is 10.1. The second-order valence-corrected chi connectivity index (χ2v) is 8.54. The van der Waals surface area contributed by atoms with Crippen molar-refractivity contribution < 1.29 is 14.6 Å². The maximum atomic E-state index is 13.0. The van der Waals surface area contributed by atoms with Crippen LogP contribution in [0.4, 0.5) is 4.79 Å². The molecule has 4 nitrogen and oxygen atoms in total. The summed E-state index contributed by atoms with van der Waals surface area (Å²) in [5.74, 6) is 0.474. The number of hydrogen-bond acceptors (Lipinski definition) is 3. The van der Waals surface area contributed by atoms with Gasteiger partial charge in [0.2, 0.25) is 0 Å². The number of amides is 1. The second kappa shape index (κ2) is 7.59. The highest BCUT2D eigenvalue weighted by Crippen LogP contribution is 2.44. The van der Waals surface area contributed by atoms with Crippen molar-refractivity contribution in [2.45, 2.75) is 44.6 Å². The van der Waals surface area contributed by atoms with Gasteiger partial charge in [-0.1, -0.05) is 62.4 Å². The zero-order valence-electron chi connectivity index (χ0n) is 16.7. The summed E-state index contributed by atoms with van der Waals surface area (Å²) in [6.07, 6.45) is 2.26. The number of likely N-dealkylation sites (tertiary alicyclic amines) is 1. The molecule has 1 amide bonds. The summed E-state index contributed by atoms with van der Waals surface area (Å²) in [6.45, 7) is 5.24. The summed E-state index contributed by atoms with van der Waals surface area (Å²) < 4.78 is 5.84. The average Bonchev–Trinajstić information content (AvgIpc) is 3.25. The van der Waals surface area contributed by atoms with Crippen molar-refractivity contribution >= 4 is 6.09 Å². The summed E-state index contributed by atoms with van der Waals surface area (Å²) >= 11 is 0. The van der Waals surface area contributed by atoms with Crippen molar-refractivity contribution in [2.24, 2.45) is 5.92 Å². The number of aliphatic hydroxyl groups is 1. The third-order valence-corrected chi connectivity index (χ3v) is 6.24. The van der Waals surface area contributed by atoms with Gasteiger partial charge in [-0.05, 0) is 47.4 Å². The third-order valence-electron chi connectivity index (χ3n) is 6.24. The standard InChI is InChI=1S/C24H29NO3/c1-17(2)14-24(16-26)12-7-13-25(24)23(27)28-15-22-20-10-5-3-8-18(20)19-9-4-6-11-21(19)22/h3-6,8-11,17,22,26H,7,12-16H2,1-2H3. The van der Waals surface area contributed by atoms with Crippen LogP contribution in [0, 0.1) is 5.92 Å². The fourth-order valence-corrected chi connectivity index (χ4v) is 5.10. The molecule has 1 saturated heterocycles. The largest absolute Gasteiger partial charge is 0.448 e. The van der Waals surface area contributed by atoms with Crippen LogP contribution >= 0.6 is 0 Å². The zero-order valence-corrected chi connectivity index (χ0v) is 16.7. The van der Waals surface area contributed by atoms with Crippen molar-refractivity contribution in [1.82, 2.24) is 4.90 Å². The van der Waals surface area contributed by atoms with Crippen LogP contribution in [0.15, 0.2) is 48.5 Å². The van der Waals surface area contributed by atoms with E-state index in [0.717, 1.165) is 19.3 Å². The predicted molar refractivity (Wildman–Crippen MR) is 110 cm³/mol. The number of nitrogens with zero attached hydrogens (tertiary/aromatic N) is 1. The fourth-order valence-electron chi connectivity index (χ4n) is 5.10. The van der Waals surface area contributed by atoms with Crippen LogP contribution in [0.3, 0.4) is 0 Å². The Hall–Kier alpha value is -2.33. The first-order valence-electron chi connectivity index (χ1n) is 10.3. The molecule has 1 N–H and O–H groups in total. The summed E-state index contributed by atoms with van der Waals surface area (Å²) in [5.41, 5.74) is 4.41. The number of carbonyl (C=O) groups is 1. The normalized spacial score (nSPS) is 21.1. The molecule has 4 heteroatoms. The second-order valence-electron chi connectivity index (χ2n) is 8.54. The van der Waals surface area contributed by atoms with E-state index in [1.54, 1.807) is 4.90 Å². The zero-order chi connectivity index (χ0) is 19.7. The first-order chi connectivity index (χ1) is 13.6. The predicted octanol–water partition coefficient (Wildman–Crippen LogP) is 4.81. The van der Waals surface area contributed by atoms with E-state index in [0.29, 0.717) is 19.1 Å². The van der Waals surface area contributed by atoms with Crippen LogP contribution in [0.2, 0.25) is 0 Å². The highest BCUT2D eigenvalue weighted by molar-refractivity contribution is 5.79.